The predicted molar refractivity (Wildman–Crippen MR) is 130 cm³/mol. The molecule has 0 aliphatic rings. The van der Waals surface area contributed by atoms with Gasteiger partial charge in [-0.2, -0.15) is 8.78 Å². The second kappa shape index (κ2) is 10.5. The third-order valence-corrected chi connectivity index (χ3v) is 5.49. The van der Waals surface area contributed by atoms with Crippen LogP contribution in [0.25, 0.3) is 28.3 Å². The van der Waals surface area contributed by atoms with E-state index in [2.05, 4.69) is 6.58 Å². The molecule has 0 fully saturated rings. The summed E-state index contributed by atoms with van der Waals surface area (Å²) in [4.78, 5) is 12.4. The smallest absolute Gasteiger partial charge is 0.343 e. The van der Waals surface area contributed by atoms with Crippen LogP contribution in [0.5, 0.6) is 11.5 Å². The number of carbonyl (C=O) groups excluding carboxylic acids is 1. The lowest BCUT2D eigenvalue weighted by Crippen LogP contribution is -2.10. The van der Waals surface area contributed by atoms with E-state index in [9.17, 15) is 22.4 Å². The van der Waals surface area contributed by atoms with Crippen LogP contribution in [0.2, 0.25) is 0 Å². The van der Waals surface area contributed by atoms with Crippen LogP contribution in [-0.4, -0.2) is 12.6 Å². The summed E-state index contributed by atoms with van der Waals surface area (Å²) in [6.45, 7) is 5.42. The Morgan fingerprint density at radius 2 is 1.22 bits per heavy atom. The van der Waals surface area contributed by atoms with E-state index < -0.39 is 35.0 Å². The van der Waals surface area contributed by atoms with Gasteiger partial charge in [-0.1, -0.05) is 61.2 Å². The second-order valence-corrected chi connectivity index (χ2v) is 7.70. The molecule has 0 saturated carbocycles. The van der Waals surface area contributed by atoms with Gasteiger partial charge in [0.2, 0.25) is 11.6 Å². The number of hydrogen-bond donors (Lipinski definition) is 0. The van der Waals surface area contributed by atoms with Gasteiger partial charge in [0, 0.05) is 11.1 Å². The molecule has 0 amide bonds. The number of halogens is 4. The highest BCUT2D eigenvalue weighted by Gasteiger charge is 2.20. The van der Waals surface area contributed by atoms with Gasteiger partial charge in [-0.25, -0.2) is 13.6 Å². The van der Waals surface area contributed by atoms with Crippen LogP contribution >= 0.6 is 0 Å². The number of esters is 1. The molecule has 0 N–H and O–H groups in total. The largest absolute Gasteiger partial charge is 0.491 e. The molecule has 0 aliphatic carbocycles. The van der Waals surface area contributed by atoms with Crippen molar-refractivity contribution in [3.63, 3.8) is 0 Å². The molecule has 182 valence electrons. The number of benzene rings is 4. The molecule has 4 rings (SSSR count). The van der Waals surface area contributed by atoms with Crippen LogP contribution in [0.15, 0.2) is 79.4 Å². The van der Waals surface area contributed by atoms with Crippen LogP contribution in [0, 0.1) is 23.3 Å². The van der Waals surface area contributed by atoms with Crippen LogP contribution in [-0.2, 0) is 0 Å². The zero-order valence-electron chi connectivity index (χ0n) is 19.2. The summed E-state index contributed by atoms with van der Waals surface area (Å²) in [5, 5.41) is 0. The van der Waals surface area contributed by atoms with Crippen molar-refractivity contribution in [2.24, 2.45) is 0 Å². The Kier molecular flexibility index (Phi) is 7.20. The number of rotatable bonds is 7. The van der Waals surface area contributed by atoms with E-state index in [4.69, 9.17) is 9.47 Å². The Balaban J connectivity index is 1.55. The van der Waals surface area contributed by atoms with Gasteiger partial charge in [-0.15, -0.1) is 0 Å². The van der Waals surface area contributed by atoms with Gasteiger partial charge in [-0.3, -0.25) is 0 Å². The van der Waals surface area contributed by atoms with Crippen molar-refractivity contribution in [1.82, 2.24) is 0 Å². The van der Waals surface area contributed by atoms with E-state index in [1.165, 1.54) is 36.4 Å². The molecule has 3 nitrogen and oxygen atoms in total. The Bertz CT molecular complexity index is 1430. The molecule has 0 aliphatic heterocycles. The quantitative estimate of drug-likeness (QED) is 0.150. The summed E-state index contributed by atoms with van der Waals surface area (Å²) >= 11 is 0. The van der Waals surface area contributed by atoms with E-state index >= 15 is 0 Å². The fourth-order valence-electron chi connectivity index (χ4n) is 3.60. The highest BCUT2D eigenvalue weighted by Crippen LogP contribution is 2.32. The molecule has 7 heteroatoms. The Morgan fingerprint density at radius 1 is 0.722 bits per heavy atom. The molecule has 0 bridgehead atoms. The fraction of sp³-hybridized carbons (Fsp3) is 0.0690. The number of ether oxygens (including phenoxy) is 2. The summed E-state index contributed by atoms with van der Waals surface area (Å²) in [5.41, 5.74) is 1.79. The minimum Gasteiger partial charge on any atom is -0.491 e. The van der Waals surface area contributed by atoms with Crippen molar-refractivity contribution < 1.29 is 31.8 Å². The summed E-state index contributed by atoms with van der Waals surface area (Å²) in [6.07, 6.45) is 1.65. The summed E-state index contributed by atoms with van der Waals surface area (Å²) < 4.78 is 68.0. The normalized spacial score (nSPS) is 10.7. The van der Waals surface area contributed by atoms with Crippen LogP contribution in [0.4, 0.5) is 17.6 Å². The highest BCUT2D eigenvalue weighted by atomic mass is 19.2. The van der Waals surface area contributed by atoms with Crippen molar-refractivity contribution in [3.05, 3.63) is 114 Å². The third kappa shape index (κ3) is 4.86. The van der Waals surface area contributed by atoms with Crippen molar-refractivity contribution in [2.45, 2.75) is 6.92 Å². The second-order valence-electron chi connectivity index (χ2n) is 7.70. The average molecular weight is 492 g/mol. The lowest BCUT2D eigenvalue weighted by atomic mass is 9.97. The monoisotopic (exact) mass is 492 g/mol. The zero-order valence-corrected chi connectivity index (χ0v) is 19.2. The van der Waals surface area contributed by atoms with E-state index in [0.29, 0.717) is 11.1 Å². The maximum absolute atomic E-state index is 14.9. The first kappa shape index (κ1) is 24.7. The Morgan fingerprint density at radius 3 is 1.75 bits per heavy atom. The highest BCUT2D eigenvalue weighted by molar-refractivity contribution is 5.91. The van der Waals surface area contributed by atoms with E-state index in [1.54, 1.807) is 37.3 Å². The van der Waals surface area contributed by atoms with Crippen molar-refractivity contribution in [3.8, 4) is 33.8 Å². The topological polar surface area (TPSA) is 35.5 Å². The van der Waals surface area contributed by atoms with Crippen molar-refractivity contribution in [2.75, 3.05) is 6.61 Å². The molecule has 0 unspecified atom stereocenters. The van der Waals surface area contributed by atoms with Crippen LogP contribution in [0.1, 0.15) is 22.8 Å². The molecule has 4 aromatic carbocycles. The molecule has 0 aromatic heterocycles. The molecule has 36 heavy (non-hydrogen) atoms. The fourth-order valence-corrected chi connectivity index (χ4v) is 3.60. The minimum atomic E-state index is -1.36. The molecule has 0 saturated heterocycles. The van der Waals surface area contributed by atoms with Crippen molar-refractivity contribution in [1.29, 1.82) is 0 Å². The molecule has 4 aromatic rings. The maximum Gasteiger partial charge on any atom is 0.343 e. The molecular weight excluding hydrogens is 472 g/mol. The van der Waals surface area contributed by atoms with Crippen molar-refractivity contribution >= 4 is 12.0 Å². The van der Waals surface area contributed by atoms with Gasteiger partial charge in [0.25, 0.3) is 0 Å². The Hall–Kier alpha value is -4.39. The first-order valence-electron chi connectivity index (χ1n) is 11.0. The lowest BCUT2D eigenvalue weighted by molar-refractivity contribution is 0.0726. The van der Waals surface area contributed by atoms with Gasteiger partial charge < -0.3 is 9.47 Å². The van der Waals surface area contributed by atoms with Gasteiger partial charge >= 0.3 is 5.97 Å². The predicted octanol–water partition coefficient (Wildman–Crippen LogP) is 7.84. The van der Waals surface area contributed by atoms with Crippen LogP contribution in [0.3, 0.4) is 0 Å². The molecule has 0 radical (unpaired) electrons. The third-order valence-electron chi connectivity index (χ3n) is 5.49. The molecular formula is C29H20F4O3. The number of carbonyl (C=O) groups is 1. The maximum atomic E-state index is 14.9. The van der Waals surface area contributed by atoms with Crippen LogP contribution < -0.4 is 9.47 Å². The number of hydrogen-bond acceptors (Lipinski definition) is 3. The first-order chi connectivity index (χ1) is 17.3. The zero-order chi connectivity index (χ0) is 25.8. The lowest BCUT2D eigenvalue weighted by Gasteiger charge is -2.11. The summed E-state index contributed by atoms with van der Waals surface area (Å²) in [7, 11) is 0. The molecule has 0 heterocycles. The standard InChI is InChI=1S/C29H20F4O3/c1-3-17-5-7-18(8-6-17)21-13-14-22(26(31)25(21)30)19-9-11-20(12-10-19)29(34)36-24-16-15-23(35-4-2)27(32)28(24)33/h3,5-16H,1,4H2,2H3. The SMILES string of the molecule is C=Cc1ccc(-c2ccc(-c3ccc(C(=O)Oc4ccc(OCC)c(F)c4F)cc3)c(F)c2F)cc1. The Labute approximate surface area is 205 Å². The van der Waals surface area contributed by atoms with E-state index in [1.807, 2.05) is 0 Å². The summed E-state index contributed by atoms with van der Waals surface area (Å²) in [5.74, 6) is -6.52. The van der Waals surface area contributed by atoms with E-state index in [-0.39, 0.29) is 29.0 Å². The van der Waals surface area contributed by atoms with E-state index in [0.717, 1.165) is 17.7 Å². The van der Waals surface area contributed by atoms with Gasteiger partial charge in [0.15, 0.2) is 23.1 Å². The van der Waals surface area contributed by atoms with Gasteiger partial charge in [0.1, 0.15) is 0 Å². The molecule has 0 spiro atoms. The average Bonchev–Trinajstić information content (AvgIpc) is 2.90. The summed E-state index contributed by atoms with van der Waals surface area (Å²) in [6, 6.07) is 17.5. The first-order valence-corrected chi connectivity index (χ1v) is 11.0. The minimum absolute atomic E-state index is 0.00138. The molecule has 0 atom stereocenters. The van der Waals surface area contributed by atoms with Gasteiger partial charge in [-0.05, 0) is 47.9 Å². The van der Waals surface area contributed by atoms with Gasteiger partial charge in [0.05, 0.1) is 12.2 Å².